The molecule has 1 aromatic rings. The topological polar surface area (TPSA) is 77.8 Å². The second kappa shape index (κ2) is 3.08. The van der Waals surface area contributed by atoms with E-state index in [1.54, 1.807) is 0 Å². The van der Waals surface area contributed by atoms with Gasteiger partial charge in [0.25, 0.3) is 0 Å². The van der Waals surface area contributed by atoms with Crippen molar-refractivity contribution in [3.05, 3.63) is 11.9 Å². The first kappa shape index (κ1) is 9.56. The molecule has 0 fully saturated rings. The predicted molar refractivity (Wildman–Crippen MR) is 40.6 cm³/mol. The minimum absolute atomic E-state index is 0.0632. The number of aromatic nitrogens is 2. The molecule has 0 amide bonds. The third kappa shape index (κ3) is 3.14. The second-order valence-electron chi connectivity index (χ2n) is 2.43. The Hall–Kier alpha value is -1.53. The van der Waals surface area contributed by atoms with E-state index in [9.17, 15) is 13.2 Å². The van der Waals surface area contributed by atoms with Gasteiger partial charge in [0.05, 0.1) is 0 Å². The normalized spacial score (nSPS) is 11.6. The summed E-state index contributed by atoms with van der Waals surface area (Å²) in [6.45, 7) is 0. The average Bonchev–Trinajstić information content (AvgIpc) is 1.78. The van der Waals surface area contributed by atoms with Gasteiger partial charge in [-0.2, -0.15) is 13.2 Å². The number of nitrogens with two attached hydrogens (primary N) is 2. The zero-order valence-electron chi connectivity index (χ0n) is 6.47. The van der Waals surface area contributed by atoms with E-state index in [1.807, 2.05) is 0 Å². The van der Waals surface area contributed by atoms with Crippen LogP contribution in [0.3, 0.4) is 0 Å². The van der Waals surface area contributed by atoms with E-state index in [1.165, 1.54) is 6.07 Å². The highest BCUT2D eigenvalue weighted by Gasteiger charge is 2.29. The van der Waals surface area contributed by atoms with Crippen LogP contribution in [-0.2, 0) is 6.42 Å². The molecule has 1 aromatic heterocycles. The van der Waals surface area contributed by atoms with Crippen LogP contribution in [0.4, 0.5) is 24.8 Å². The zero-order chi connectivity index (χ0) is 10.1. The van der Waals surface area contributed by atoms with Crippen molar-refractivity contribution < 1.29 is 13.2 Å². The summed E-state index contributed by atoms with van der Waals surface area (Å²) in [7, 11) is 0. The van der Waals surface area contributed by atoms with E-state index in [0.717, 1.165) is 0 Å². The lowest BCUT2D eigenvalue weighted by atomic mass is 10.4. The molecule has 0 saturated heterocycles. The summed E-state index contributed by atoms with van der Waals surface area (Å²) in [6, 6.07) is 1.19. The van der Waals surface area contributed by atoms with Gasteiger partial charge in [-0.15, -0.1) is 0 Å². The highest BCUT2D eigenvalue weighted by Crippen LogP contribution is 2.20. The van der Waals surface area contributed by atoms with Crippen molar-refractivity contribution >= 4 is 11.6 Å². The van der Waals surface area contributed by atoms with Crippen molar-refractivity contribution in [1.82, 2.24) is 9.97 Å². The van der Waals surface area contributed by atoms with Crippen LogP contribution < -0.4 is 11.5 Å². The molecule has 7 heteroatoms. The van der Waals surface area contributed by atoms with E-state index in [4.69, 9.17) is 11.5 Å². The Morgan fingerprint density at radius 1 is 1.15 bits per heavy atom. The van der Waals surface area contributed by atoms with Crippen LogP contribution in [0.1, 0.15) is 5.82 Å². The molecule has 0 aliphatic carbocycles. The Morgan fingerprint density at radius 3 is 2.00 bits per heavy atom. The second-order valence-corrected chi connectivity index (χ2v) is 2.43. The van der Waals surface area contributed by atoms with Gasteiger partial charge in [0.15, 0.2) is 0 Å². The van der Waals surface area contributed by atoms with Crippen molar-refractivity contribution in [1.29, 1.82) is 0 Å². The van der Waals surface area contributed by atoms with Gasteiger partial charge in [0.1, 0.15) is 23.9 Å². The number of anilines is 2. The summed E-state index contributed by atoms with van der Waals surface area (Å²) in [5.74, 6) is -0.538. The van der Waals surface area contributed by atoms with Crippen LogP contribution in [0.15, 0.2) is 6.07 Å². The van der Waals surface area contributed by atoms with Crippen molar-refractivity contribution in [3.8, 4) is 0 Å². The molecule has 0 radical (unpaired) electrons. The van der Waals surface area contributed by atoms with Crippen LogP contribution in [0.5, 0.6) is 0 Å². The zero-order valence-corrected chi connectivity index (χ0v) is 6.47. The Labute approximate surface area is 71.8 Å². The number of alkyl halides is 3. The maximum absolute atomic E-state index is 11.8. The average molecular weight is 192 g/mol. The summed E-state index contributed by atoms with van der Waals surface area (Å²) >= 11 is 0. The van der Waals surface area contributed by atoms with Gasteiger partial charge in [-0.1, -0.05) is 0 Å². The van der Waals surface area contributed by atoms with E-state index in [-0.39, 0.29) is 11.6 Å². The molecule has 0 saturated carbocycles. The van der Waals surface area contributed by atoms with Gasteiger partial charge in [0, 0.05) is 6.07 Å². The summed E-state index contributed by atoms with van der Waals surface area (Å²) < 4.78 is 35.5. The largest absolute Gasteiger partial charge is 0.396 e. The molecule has 0 aromatic carbocycles. The Morgan fingerprint density at radius 2 is 1.62 bits per heavy atom. The van der Waals surface area contributed by atoms with E-state index < -0.39 is 18.4 Å². The van der Waals surface area contributed by atoms with Crippen molar-refractivity contribution in [3.63, 3.8) is 0 Å². The van der Waals surface area contributed by atoms with Crippen molar-refractivity contribution in [2.24, 2.45) is 0 Å². The summed E-state index contributed by atoms with van der Waals surface area (Å²) in [6.07, 6.45) is -5.57. The minimum Gasteiger partial charge on any atom is -0.384 e. The number of hydrogen-bond acceptors (Lipinski definition) is 4. The maximum Gasteiger partial charge on any atom is 0.396 e. The van der Waals surface area contributed by atoms with Gasteiger partial charge in [0.2, 0.25) is 0 Å². The van der Waals surface area contributed by atoms with Crippen LogP contribution in [0, 0.1) is 0 Å². The lowest BCUT2D eigenvalue weighted by Gasteiger charge is -2.05. The monoisotopic (exact) mass is 192 g/mol. The van der Waals surface area contributed by atoms with E-state index in [0.29, 0.717) is 0 Å². The van der Waals surface area contributed by atoms with Gasteiger partial charge in [-0.25, -0.2) is 9.97 Å². The molecular formula is C6H7F3N4. The maximum atomic E-state index is 11.8. The predicted octanol–water partition coefficient (Wildman–Crippen LogP) is 0.746. The Kier molecular flexibility index (Phi) is 2.26. The molecule has 4 nitrogen and oxygen atoms in total. The molecule has 1 rings (SSSR count). The van der Waals surface area contributed by atoms with Crippen molar-refractivity contribution in [2.45, 2.75) is 12.6 Å². The molecule has 0 aliphatic heterocycles. The third-order valence-electron chi connectivity index (χ3n) is 1.17. The number of rotatable bonds is 1. The number of nitrogen functional groups attached to an aromatic ring is 2. The summed E-state index contributed by atoms with van der Waals surface area (Å²) in [5, 5.41) is 0. The van der Waals surface area contributed by atoms with Crippen LogP contribution in [0.25, 0.3) is 0 Å². The smallest absolute Gasteiger partial charge is 0.384 e. The van der Waals surface area contributed by atoms with Gasteiger partial charge in [-0.05, 0) is 0 Å². The highest BCUT2D eigenvalue weighted by molar-refractivity contribution is 5.40. The molecule has 1 heterocycles. The fraction of sp³-hybridized carbons (Fsp3) is 0.333. The number of nitrogens with zero attached hydrogens (tertiary/aromatic N) is 2. The third-order valence-corrected chi connectivity index (χ3v) is 1.17. The first-order valence-electron chi connectivity index (χ1n) is 3.32. The molecule has 72 valence electrons. The van der Waals surface area contributed by atoms with Crippen molar-refractivity contribution in [2.75, 3.05) is 11.5 Å². The van der Waals surface area contributed by atoms with E-state index >= 15 is 0 Å². The fourth-order valence-corrected chi connectivity index (χ4v) is 0.797. The van der Waals surface area contributed by atoms with Gasteiger partial charge in [-0.3, -0.25) is 0 Å². The first-order chi connectivity index (χ1) is 5.87. The molecule has 4 N–H and O–H groups in total. The SMILES string of the molecule is Nc1cc(N)nc(CC(F)(F)F)n1. The summed E-state index contributed by atoms with van der Waals surface area (Å²) in [5.41, 5.74) is 10.4. The molecular weight excluding hydrogens is 185 g/mol. The lowest BCUT2D eigenvalue weighted by molar-refractivity contribution is -0.128. The fourth-order valence-electron chi connectivity index (χ4n) is 0.797. The summed E-state index contributed by atoms with van der Waals surface area (Å²) in [4.78, 5) is 6.77. The Balaban J connectivity index is 2.90. The Bertz CT molecular complexity index is 289. The highest BCUT2D eigenvalue weighted by atomic mass is 19.4. The van der Waals surface area contributed by atoms with Crippen LogP contribution in [-0.4, -0.2) is 16.1 Å². The molecule has 0 aliphatic rings. The number of hydrogen-bond donors (Lipinski definition) is 2. The van der Waals surface area contributed by atoms with Crippen LogP contribution in [0.2, 0.25) is 0 Å². The van der Waals surface area contributed by atoms with Gasteiger partial charge < -0.3 is 11.5 Å². The lowest BCUT2D eigenvalue weighted by Crippen LogP contribution is -2.15. The molecule has 0 bridgehead atoms. The quantitative estimate of drug-likeness (QED) is 0.688. The van der Waals surface area contributed by atoms with Gasteiger partial charge >= 0.3 is 6.18 Å². The molecule has 0 spiro atoms. The standard InChI is InChI=1S/C6H7F3N4/c7-6(8,9)2-5-12-3(10)1-4(11)13-5/h1H,2H2,(H4,10,11,12,13). The number of halogens is 3. The van der Waals surface area contributed by atoms with E-state index in [2.05, 4.69) is 9.97 Å². The molecule has 0 unspecified atom stereocenters. The van der Waals surface area contributed by atoms with Crippen LogP contribution >= 0.6 is 0 Å². The molecule has 0 atom stereocenters. The molecule has 13 heavy (non-hydrogen) atoms. The minimum atomic E-state index is -4.35. The first-order valence-corrected chi connectivity index (χ1v) is 3.32.